The predicted molar refractivity (Wildman–Crippen MR) is 88.3 cm³/mol. The summed E-state index contributed by atoms with van der Waals surface area (Å²) < 4.78 is 10.5. The molecule has 124 valence electrons. The van der Waals surface area contributed by atoms with Crippen LogP contribution in [0.2, 0.25) is 5.02 Å². The van der Waals surface area contributed by atoms with Gasteiger partial charge in [0.25, 0.3) is 5.91 Å². The second-order valence-corrected chi connectivity index (χ2v) is 5.89. The summed E-state index contributed by atoms with van der Waals surface area (Å²) in [6, 6.07) is 8.35. The number of hydrogen-bond acceptors (Lipinski definition) is 5. The summed E-state index contributed by atoms with van der Waals surface area (Å²) in [6.45, 7) is 0. The van der Waals surface area contributed by atoms with E-state index in [0.717, 1.165) is 0 Å². The van der Waals surface area contributed by atoms with Gasteiger partial charge in [-0.1, -0.05) is 11.6 Å². The lowest BCUT2D eigenvalue weighted by Gasteiger charge is -2.18. The number of amides is 1. The van der Waals surface area contributed by atoms with Crippen LogP contribution in [0.25, 0.3) is 0 Å². The zero-order valence-electron chi connectivity index (χ0n) is 12.9. The summed E-state index contributed by atoms with van der Waals surface area (Å²) in [5, 5.41) is 3.33. The van der Waals surface area contributed by atoms with Gasteiger partial charge in [0.2, 0.25) is 0 Å². The molecule has 0 bridgehead atoms. The first-order valence-corrected chi connectivity index (χ1v) is 7.70. The highest BCUT2D eigenvalue weighted by molar-refractivity contribution is 6.30. The minimum atomic E-state index is -0.894. The number of pyridine rings is 1. The van der Waals surface area contributed by atoms with Gasteiger partial charge in [-0.05, 0) is 30.3 Å². The Balaban J connectivity index is 1.70. The van der Waals surface area contributed by atoms with E-state index < -0.39 is 11.6 Å². The molecule has 24 heavy (non-hydrogen) atoms. The number of nitrogens with zero attached hydrogens (tertiary/aromatic N) is 1. The summed E-state index contributed by atoms with van der Waals surface area (Å²) in [6.07, 6.45) is 4.07. The number of esters is 1. The number of nitrogens with one attached hydrogen (secondary N) is 1. The quantitative estimate of drug-likeness (QED) is 0.842. The lowest BCUT2D eigenvalue weighted by molar-refractivity contribution is -0.124. The first-order valence-electron chi connectivity index (χ1n) is 7.32. The summed E-state index contributed by atoms with van der Waals surface area (Å²) in [5.74, 6) is -0.216. The molecule has 0 aliphatic heterocycles. The van der Waals surface area contributed by atoms with Gasteiger partial charge in [-0.25, -0.2) is 4.79 Å². The van der Waals surface area contributed by atoms with Gasteiger partial charge in [0.05, 0.1) is 24.6 Å². The van der Waals surface area contributed by atoms with Crippen molar-refractivity contribution in [2.75, 3.05) is 12.4 Å². The molecule has 1 N–H and O–H groups in total. The van der Waals surface area contributed by atoms with Crippen LogP contribution in [0.4, 0.5) is 5.69 Å². The van der Waals surface area contributed by atoms with Gasteiger partial charge in [-0.15, -0.1) is 0 Å². The number of carbonyl (C=O) groups excluding carboxylic acids is 2. The number of aromatic nitrogens is 1. The van der Waals surface area contributed by atoms with E-state index in [1.165, 1.54) is 25.6 Å². The Labute approximate surface area is 143 Å². The first kappa shape index (κ1) is 16.3. The van der Waals surface area contributed by atoms with E-state index in [1.807, 2.05) is 0 Å². The van der Waals surface area contributed by atoms with Crippen LogP contribution < -0.4 is 10.1 Å². The highest BCUT2D eigenvalue weighted by Gasteiger charge is 2.53. The Morgan fingerprint density at radius 2 is 1.92 bits per heavy atom. The van der Waals surface area contributed by atoms with Gasteiger partial charge in [0.1, 0.15) is 5.75 Å². The van der Waals surface area contributed by atoms with E-state index in [4.69, 9.17) is 16.3 Å². The number of hydrogen-bond donors (Lipinski definition) is 1. The molecule has 6 nitrogen and oxygen atoms in total. The van der Waals surface area contributed by atoms with Crippen molar-refractivity contribution in [1.82, 2.24) is 4.98 Å². The highest BCUT2D eigenvalue weighted by atomic mass is 35.5. The summed E-state index contributed by atoms with van der Waals surface area (Å²) in [4.78, 5) is 28.0. The van der Waals surface area contributed by atoms with Crippen LogP contribution in [-0.4, -0.2) is 29.6 Å². The topological polar surface area (TPSA) is 77.5 Å². The van der Waals surface area contributed by atoms with E-state index in [0.29, 0.717) is 29.3 Å². The average Bonchev–Trinajstić information content (AvgIpc) is 3.37. The molecule has 0 saturated heterocycles. The lowest BCUT2D eigenvalue weighted by atomic mass is 10.2. The van der Waals surface area contributed by atoms with Gasteiger partial charge < -0.3 is 14.8 Å². The molecule has 2 aromatic rings. The molecular weight excluding hydrogens is 332 g/mol. The normalized spacial score (nSPS) is 14.6. The van der Waals surface area contributed by atoms with Crippen molar-refractivity contribution in [2.45, 2.75) is 18.4 Å². The SMILES string of the molecule is COC(=O)c1cncc(NC(=O)C2(Oc3ccc(Cl)cc3)CC2)c1. The van der Waals surface area contributed by atoms with E-state index >= 15 is 0 Å². The standard InChI is InChI=1S/C17H15ClN2O4/c1-23-15(21)11-8-13(10-19-9-11)20-16(22)17(6-7-17)24-14-4-2-12(18)3-5-14/h2-5,8-10H,6-7H2,1H3,(H,20,22). The van der Waals surface area contributed by atoms with Gasteiger partial charge in [0, 0.05) is 24.1 Å². The molecule has 1 fully saturated rings. The van der Waals surface area contributed by atoms with Crippen LogP contribution in [-0.2, 0) is 9.53 Å². The van der Waals surface area contributed by atoms with Crippen LogP contribution in [0, 0.1) is 0 Å². The molecule has 0 unspecified atom stereocenters. The maximum Gasteiger partial charge on any atom is 0.339 e. The molecule has 1 aromatic heterocycles. The van der Waals surface area contributed by atoms with Crippen molar-refractivity contribution in [1.29, 1.82) is 0 Å². The first-order chi connectivity index (χ1) is 11.5. The molecule has 1 aliphatic carbocycles. The van der Waals surface area contributed by atoms with E-state index in [9.17, 15) is 9.59 Å². The fraction of sp³-hybridized carbons (Fsp3) is 0.235. The van der Waals surface area contributed by atoms with Crippen LogP contribution in [0.15, 0.2) is 42.7 Å². The summed E-state index contributed by atoms with van der Waals surface area (Å²) >= 11 is 5.84. The lowest BCUT2D eigenvalue weighted by Crippen LogP contribution is -2.35. The number of benzene rings is 1. The number of rotatable bonds is 5. The largest absolute Gasteiger partial charge is 0.477 e. The predicted octanol–water partition coefficient (Wildman–Crippen LogP) is 3.07. The fourth-order valence-electron chi connectivity index (χ4n) is 2.20. The van der Waals surface area contributed by atoms with E-state index in [1.54, 1.807) is 24.3 Å². The van der Waals surface area contributed by atoms with Crippen molar-refractivity contribution in [3.63, 3.8) is 0 Å². The van der Waals surface area contributed by atoms with Crippen molar-refractivity contribution < 1.29 is 19.1 Å². The smallest absolute Gasteiger partial charge is 0.339 e. The number of halogens is 1. The number of ether oxygens (including phenoxy) is 2. The van der Waals surface area contributed by atoms with E-state index in [2.05, 4.69) is 15.0 Å². The molecule has 1 aromatic carbocycles. The van der Waals surface area contributed by atoms with Crippen LogP contribution >= 0.6 is 11.6 Å². The van der Waals surface area contributed by atoms with Crippen LogP contribution in [0.1, 0.15) is 23.2 Å². The number of methoxy groups -OCH3 is 1. The molecular formula is C17H15ClN2O4. The highest BCUT2D eigenvalue weighted by Crippen LogP contribution is 2.41. The van der Waals surface area contributed by atoms with Gasteiger partial charge in [-0.3, -0.25) is 9.78 Å². The molecule has 1 saturated carbocycles. The molecule has 0 radical (unpaired) electrons. The third-order valence-electron chi connectivity index (χ3n) is 3.66. The number of carbonyl (C=O) groups is 2. The summed E-state index contributed by atoms with van der Waals surface area (Å²) in [7, 11) is 1.28. The third kappa shape index (κ3) is 3.49. The second-order valence-electron chi connectivity index (χ2n) is 5.46. The van der Waals surface area contributed by atoms with Crippen molar-refractivity contribution in [2.24, 2.45) is 0 Å². The van der Waals surface area contributed by atoms with Gasteiger partial charge in [-0.2, -0.15) is 0 Å². The Morgan fingerprint density at radius 1 is 1.21 bits per heavy atom. The Bertz CT molecular complexity index is 772. The Morgan fingerprint density at radius 3 is 2.54 bits per heavy atom. The summed E-state index contributed by atoms with van der Waals surface area (Å²) in [5.41, 5.74) is -0.220. The van der Waals surface area contributed by atoms with E-state index in [-0.39, 0.29) is 11.5 Å². The molecule has 1 aliphatic rings. The minimum Gasteiger partial charge on any atom is -0.477 e. The van der Waals surface area contributed by atoms with Crippen LogP contribution in [0.5, 0.6) is 5.75 Å². The fourth-order valence-corrected chi connectivity index (χ4v) is 2.33. The molecule has 3 rings (SSSR count). The molecule has 0 spiro atoms. The Kier molecular flexibility index (Phi) is 4.40. The average molecular weight is 347 g/mol. The van der Waals surface area contributed by atoms with Crippen molar-refractivity contribution in [3.8, 4) is 5.75 Å². The zero-order valence-corrected chi connectivity index (χ0v) is 13.7. The third-order valence-corrected chi connectivity index (χ3v) is 3.91. The zero-order chi connectivity index (χ0) is 17.2. The van der Waals surface area contributed by atoms with Crippen molar-refractivity contribution >= 4 is 29.2 Å². The maximum absolute atomic E-state index is 12.5. The maximum atomic E-state index is 12.5. The molecule has 1 heterocycles. The molecule has 7 heteroatoms. The monoisotopic (exact) mass is 346 g/mol. The minimum absolute atomic E-state index is 0.263. The molecule has 0 atom stereocenters. The molecule has 1 amide bonds. The second kappa shape index (κ2) is 6.49. The Hall–Kier alpha value is -2.60. The van der Waals surface area contributed by atoms with Gasteiger partial charge in [0.15, 0.2) is 5.60 Å². The number of anilines is 1. The van der Waals surface area contributed by atoms with Crippen LogP contribution in [0.3, 0.4) is 0 Å². The van der Waals surface area contributed by atoms with Gasteiger partial charge >= 0.3 is 5.97 Å². The van der Waals surface area contributed by atoms with Crippen molar-refractivity contribution in [3.05, 3.63) is 53.3 Å².